The van der Waals surface area contributed by atoms with Crippen LogP contribution >= 0.6 is 0 Å². The lowest BCUT2D eigenvalue weighted by Crippen LogP contribution is -2.40. The van der Waals surface area contributed by atoms with E-state index in [4.69, 9.17) is 15.2 Å². The van der Waals surface area contributed by atoms with Crippen molar-refractivity contribution in [2.45, 2.75) is 38.9 Å². The maximum Gasteiger partial charge on any atom is 0.0860 e. The van der Waals surface area contributed by atoms with E-state index in [9.17, 15) is 0 Å². The predicted octanol–water partition coefficient (Wildman–Crippen LogP) is 1.17. The van der Waals surface area contributed by atoms with Gasteiger partial charge in [-0.2, -0.15) is 0 Å². The molecule has 0 aromatic carbocycles. The molecule has 0 aromatic rings. The number of hydrogen-bond acceptors (Lipinski definition) is 3. The minimum Gasteiger partial charge on any atom is -0.376 e. The van der Waals surface area contributed by atoms with E-state index in [0.29, 0.717) is 12.5 Å². The standard InChI is InChI=1S/C10H21NO2/c1-8-4-7-12-9(2)10(8)13-6-3-5-11/h8-10H,3-7,11H2,1-2H3/t8?,9-,10+/m0/s1. The quantitative estimate of drug-likeness (QED) is 0.672. The Balaban J connectivity index is 2.26. The Bertz CT molecular complexity index is 131. The topological polar surface area (TPSA) is 44.5 Å². The fourth-order valence-electron chi connectivity index (χ4n) is 1.76. The van der Waals surface area contributed by atoms with Crippen LogP contribution < -0.4 is 5.73 Å². The van der Waals surface area contributed by atoms with E-state index in [1.165, 1.54) is 0 Å². The molecule has 78 valence electrons. The summed E-state index contributed by atoms with van der Waals surface area (Å²) in [5.74, 6) is 0.613. The molecule has 1 aliphatic heterocycles. The van der Waals surface area contributed by atoms with Crippen molar-refractivity contribution in [2.75, 3.05) is 19.8 Å². The molecule has 3 nitrogen and oxygen atoms in total. The van der Waals surface area contributed by atoms with Crippen LogP contribution in [0.2, 0.25) is 0 Å². The number of rotatable bonds is 4. The van der Waals surface area contributed by atoms with Crippen LogP contribution in [0.4, 0.5) is 0 Å². The van der Waals surface area contributed by atoms with E-state index in [-0.39, 0.29) is 12.2 Å². The highest BCUT2D eigenvalue weighted by molar-refractivity contribution is 4.77. The molecule has 0 spiro atoms. The minimum absolute atomic E-state index is 0.238. The Kier molecular flexibility index (Phi) is 4.70. The van der Waals surface area contributed by atoms with Crippen LogP contribution in [0, 0.1) is 5.92 Å². The van der Waals surface area contributed by atoms with Gasteiger partial charge in [-0.1, -0.05) is 6.92 Å². The van der Waals surface area contributed by atoms with E-state index in [2.05, 4.69) is 13.8 Å². The number of hydrogen-bond donors (Lipinski definition) is 1. The van der Waals surface area contributed by atoms with E-state index >= 15 is 0 Å². The Morgan fingerprint density at radius 2 is 2.23 bits per heavy atom. The Morgan fingerprint density at radius 1 is 1.46 bits per heavy atom. The lowest BCUT2D eigenvalue weighted by molar-refractivity contribution is -0.123. The highest BCUT2D eigenvalue weighted by Gasteiger charge is 2.28. The largest absolute Gasteiger partial charge is 0.376 e. The van der Waals surface area contributed by atoms with Crippen molar-refractivity contribution in [2.24, 2.45) is 11.7 Å². The van der Waals surface area contributed by atoms with E-state index < -0.39 is 0 Å². The van der Waals surface area contributed by atoms with Crippen molar-refractivity contribution < 1.29 is 9.47 Å². The molecular weight excluding hydrogens is 166 g/mol. The molecule has 0 aliphatic carbocycles. The summed E-state index contributed by atoms with van der Waals surface area (Å²) in [4.78, 5) is 0. The second-order valence-electron chi connectivity index (χ2n) is 3.82. The van der Waals surface area contributed by atoms with E-state index in [1.54, 1.807) is 0 Å². The first-order valence-electron chi connectivity index (χ1n) is 5.19. The average molecular weight is 187 g/mol. The first kappa shape index (κ1) is 11.0. The zero-order valence-corrected chi connectivity index (χ0v) is 8.66. The monoisotopic (exact) mass is 187 g/mol. The maximum absolute atomic E-state index is 5.74. The molecule has 1 fully saturated rings. The first-order valence-corrected chi connectivity index (χ1v) is 5.19. The molecule has 3 atom stereocenters. The fraction of sp³-hybridized carbons (Fsp3) is 1.00. The van der Waals surface area contributed by atoms with Crippen LogP contribution in [-0.2, 0) is 9.47 Å². The Hall–Kier alpha value is -0.120. The molecule has 2 N–H and O–H groups in total. The highest BCUT2D eigenvalue weighted by atomic mass is 16.5. The second kappa shape index (κ2) is 5.58. The van der Waals surface area contributed by atoms with Gasteiger partial charge >= 0.3 is 0 Å². The molecule has 1 aliphatic rings. The molecule has 0 aromatic heterocycles. The van der Waals surface area contributed by atoms with Gasteiger partial charge in [-0.25, -0.2) is 0 Å². The first-order chi connectivity index (χ1) is 6.25. The van der Waals surface area contributed by atoms with Crippen LogP contribution in [0.1, 0.15) is 26.7 Å². The van der Waals surface area contributed by atoms with Crippen molar-refractivity contribution in [3.05, 3.63) is 0 Å². The Labute approximate surface area is 80.6 Å². The highest BCUT2D eigenvalue weighted by Crippen LogP contribution is 2.22. The molecule has 0 radical (unpaired) electrons. The van der Waals surface area contributed by atoms with Gasteiger partial charge in [0.25, 0.3) is 0 Å². The normalized spacial score (nSPS) is 34.8. The zero-order chi connectivity index (χ0) is 9.68. The predicted molar refractivity (Wildman–Crippen MR) is 52.6 cm³/mol. The lowest BCUT2D eigenvalue weighted by Gasteiger charge is -2.34. The van der Waals surface area contributed by atoms with Crippen LogP contribution in [0.15, 0.2) is 0 Å². The van der Waals surface area contributed by atoms with Crippen molar-refractivity contribution in [3.8, 4) is 0 Å². The van der Waals surface area contributed by atoms with Crippen LogP contribution in [0.5, 0.6) is 0 Å². The van der Waals surface area contributed by atoms with Crippen molar-refractivity contribution >= 4 is 0 Å². The van der Waals surface area contributed by atoms with Gasteiger partial charge in [0.15, 0.2) is 0 Å². The zero-order valence-electron chi connectivity index (χ0n) is 8.66. The van der Waals surface area contributed by atoms with Gasteiger partial charge in [0.2, 0.25) is 0 Å². The van der Waals surface area contributed by atoms with Crippen LogP contribution in [0.25, 0.3) is 0 Å². The second-order valence-corrected chi connectivity index (χ2v) is 3.82. The molecule has 13 heavy (non-hydrogen) atoms. The van der Waals surface area contributed by atoms with Gasteiger partial charge in [-0.15, -0.1) is 0 Å². The Morgan fingerprint density at radius 3 is 2.85 bits per heavy atom. The SMILES string of the molecule is CC1CCO[C@@H](C)[C@@H]1OCCCN. The number of nitrogens with two attached hydrogens (primary N) is 1. The maximum atomic E-state index is 5.74. The van der Waals surface area contributed by atoms with E-state index in [1.807, 2.05) is 0 Å². The summed E-state index contributed by atoms with van der Waals surface area (Å²) >= 11 is 0. The van der Waals surface area contributed by atoms with Crippen molar-refractivity contribution in [3.63, 3.8) is 0 Å². The fourth-order valence-corrected chi connectivity index (χ4v) is 1.76. The van der Waals surface area contributed by atoms with Gasteiger partial charge in [-0.05, 0) is 32.2 Å². The molecule has 3 heteroatoms. The number of ether oxygens (including phenoxy) is 2. The summed E-state index contributed by atoms with van der Waals surface area (Å²) in [5, 5.41) is 0. The van der Waals surface area contributed by atoms with Gasteiger partial charge in [0.1, 0.15) is 0 Å². The average Bonchev–Trinajstić information content (AvgIpc) is 2.10. The van der Waals surface area contributed by atoms with Crippen LogP contribution in [0.3, 0.4) is 0 Å². The summed E-state index contributed by atoms with van der Waals surface area (Å²) in [6.07, 6.45) is 2.55. The van der Waals surface area contributed by atoms with Crippen LogP contribution in [-0.4, -0.2) is 32.0 Å². The third-order valence-electron chi connectivity index (χ3n) is 2.64. The summed E-state index contributed by atoms with van der Waals surface area (Å²) in [6.45, 7) is 6.66. The summed E-state index contributed by atoms with van der Waals surface area (Å²) in [7, 11) is 0. The molecule has 0 bridgehead atoms. The van der Waals surface area contributed by atoms with Gasteiger partial charge < -0.3 is 15.2 Å². The molecule has 0 saturated carbocycles. The third-order valence-corrected chi connectivity index (χ3v) is 2.64. The molecular formula is C10H21NO2. The van der Waals surface area contributed by atoms with Gasteiger partial charge in [0.05, 0.1) is 12.2 Å². The summed E-state index contributed by atoms with van der Waals surface area (Å²) in [5.41, 5.74) is 5.40. The third kappa shape index (κ3) is 3.25. The lowest BCUT2D eigenvalue weighted by atomic mass is 9.95. The molecule has 1 heterocycles. The van der Waals surface area contributed by atoms with Crippen molar-refractivity contribution in [1.29, 1.82) is 0 Å². The van der Waals surface area contributed by atoms with Gasteiger partial charge in [0, 0.05) is 13.2 Å². The summed E-state index contributed by atoms with van der Waals surface area (Å²) < 4.78 is 11.3. The minimum atomic E-state index is 0.238. The summed E-state index contributed by atoms with van der Waals surface area (Å²) in [6, 6.07) is 0. The molecule has 1 unspecified atom stereocenters. The molecule has 1 saturated heterocycles. The molecule has 0 amide bonds. The van der Waals surface area contributed by atoms with Gasteiger partial charge in [-0.3, -0.25) is 0 Å². The van der Waals surface area contributed by atoms with Crippen molar-refractivity contribution in [1.82, 2.24) is 0 Å². The smallest absolute Gasteiger partial charge is 0.0860 e. The molecule has 1 rings (SSSR count). The van der Waals surface area contributed by atoms with E-state index in [0.717, 1.165) is 26.1 Å².